The van der Waals surface area contributed by atoms with Gasteiger partial charge in [-0.1, -0.05) is 19.3 Å². The number of ether oxygens (including phenoxy) is 1. The van der Waals surface area contributed by atoms with Crippen LogP contribution in [0.2, 0.25) is 0 Å². The normalized spacial score (nSPS) is 21.2. The van der Waals surface area contributed by atoms with E-state index in [9.17, 15) is 0 Å². The topological polar surface area (TPSA) is 9.23 Å². The summed E-state index contributed by atoms with van der Waals surface area (Å²) in [7, 11) is 0. The smallest absolute Gasteiger partial charge is 0.0874 e. The summed E-state index contributed by atoms with van der Waals surface area (Å²) in [4.78, 5) is 0. The second kappa shape index (κ2) is 4.27. The summed E-state index contributed by atoms with van der Waals surface area (Å²) < 4.78 is 5.64. The molecule has 0 heterocycles. The Bertz CT molecular complexity index is 117. The molecule has 0 atom stereocenters. The summed E-state index contributed by atoms with van der Waals surface area (Å²) >= 11 is 0. The maximum atomic E-state index is 5.64. The van der Waals surface area contributed by atoms with Gasteiger partial charge in [0.1, 0.15) is 0 Å². The molecule has 0 N–H and O–H groups in total. The van der Waals surface area contributed by atoms with Gasteiger partial charge in [-0.15, -0.1) is 0 Å². The number of hydrogen-bond donors (Lipinski definition) is 0. The van der Waals surface area contributed by atoms with E-state index in [2.05, 4.69) is 27.4 Å². The van der Waals surface area contributed by atoms with E-state index in [1.807, 2.05) is 0 Å². The summed E-state index contributed by atoms with van der Waals surface area (Å²) in [6.45, 7) is 8.38. The third-order valence-corrected chi connectivity index (χ3v) is 2.26. The lowest BCUT2D eigenvalue weighted by atomic mass is 9.90. The van der Waals surface area contributed by atoms with Crippen LogP contribution in [-0.2, 0) is 4.74 Å². The molecule has 1 rings (SSSR count). The Hall–Kier alpha value is -0.0400. The molecule has 0 aromatic heterocycles. The summed E-state index contributed by atoms with van der Waals surface area (Å²) in [5.74, 6) is 0.720. The molecule has 0 aliphatic heterocycles. The van der Waals surface area contributed by atoms with E-state index in [1.54, 1.807) is 0 Å². The molecule has 12 heavy (non-hydrogen) atoms. The van der Waals surface area contributed by atoms with Gasteiger partial charge in [0, 0.05) is 0 Å². The number of hydrogen-bond acceptors (Lipinski definition) is 1. The van der Waals surface area contributed by atoms with E-state index in [-0.39, 0.29) is 5.60 Å². The molecule has 0 saturated heterocycles. The van der Waals surface area contributed by atoms with Gasteiger partial charge in [-0.05, 0) is 39.5 Å². The maximum absolute atomic E-state index is 5.64. The van der Waals surface area contributed by atoms with Crippen molar-refractivity contribution in [2.75, 3.05) is 0 Å². The molecule has 71 valence electrons. The molecule has 1 fully saturated rings. The molecule has 1 nitrogen and oxygen atoms in total. The van der Waals surface area contributed by atoms with E-state index in [0.717, 1.165) is 5.92 Å². The Morgan fingerprint density at radius 3 is 2.17 bits per heavy atom. The Morgan fingerprint density at radius 1 is 1.08 bits per heavy atom. The molecule has 1 saturated carbocycles. The summed E-state index contributed by atoms with van der Waals surface area (Å²) in [6.07, 6.45) is 6.84. The molecule has 0 aromatic carbocycles. The SMILES string of the molecule is CC(C)(C)O[CH]C1CCCCC1. The molecule has 0 amide bonds. The average molecular weight is 169 g/mol. The van der Waals surface area contributed by atoms with Crippen LogP contribution in [0.15, 0.2) is 0 Å². The van der Waals surface area contributed by atoms with Crippen LogP contribution in [0, 0.1) is 12.5 Å². The highest BCUT2D eigenvalue weighted by molar-refractivity contribution is 4.75. The minimum atomic E-state index is -0.00253. The molecule has 0 unspecified atom stereocenters. The van der Waals surface area contributed by atoms with Crippen molar-refractivity contribution in [2.45, 2.75) is 58.5 Å². The van der Waals surface area contributed by atoms with E-state index >= 15 is 0 Å². The van der Waals surface area contributed by atoms with Crippen molar-refractivity contribution in [3.8, 4) is 0 Å². The van der Waals surface area contributed by atoms with E-state index < -0.39 is 0 Å². The van der Waals surface area contributed by atoms with Gasteiger partial charge < -0.3 is 4.74 Å². The largest absolute Gasteiger partial charge is 0.370 e. The van der Waals surface area contributed by atoms with Crippen molar-refractivity contribution in [1.29, 1.82) is 0 Å². The van der Waals surface area contributed by atoms with Crippen molar-refractivity contribution >= 4 is 0 Å². The van der Waals surface area contributed by atoms with Crippen LogP contribution in [0.25, 0.3) is 0 Å². The van der Waals surface area contributed by atoms with E-state index in [4.69, 9.17) is 4.74 Å². The first-order valence-electron chi connectivity index (χ1n) is 5.09. The Balaban J connectivity index is 2.13. The predicted molar refractivity (Wildman–Crippen MR) is 51.7 cm³/mol. The quantitative estimate of drug-likeness (QED) is 0.614. The lowest BCUT2D eigenvalue weighted by Crippen LogP contribution is -2.21. The highest BCUT2D eigenvalue weighted by Crippen LogP contribution is 2.27. The van der Waals surface area contributed by atoms with Crippen LogP contribution < -0.4 is 0 Å². The Labute approximate surface area is 76.5 Å². The van der Waals surface area contributed by atoms with Crippen LogP contribution in [0.3, 0.4) is 0 Å². The molecule has 1 aliphatic rings. The van der Waals surface area contributed by atoms with Gasteiger partial charge in [0.25, 0.3) is 0 Å². The van der Waals surface area contributed by atoms with E-state index in [0.29, 0.717) is 0 Å². The third kappa shape index (κ3) is 4.10. The van der Waals surface area contributed by atoms with Crippen LogP contribution in [0.5, 0.6) is 0 Å². The van der Waals surface area contributed by atoms with Gasteiger partial charge in [0.05, 0.1) is 12.2 Å². The van der Waals surface area contributed by atoms with Crippen molar-refractivity contribution in [1.82, 2.24) is 0 Å². The highest BCUT2D eigenvalue weighted by Gasteiger charge is 2.17. The second-order valence-corrected chi connectivity index (χ2v) is 4.76. The zero-order valence-electron chi connectivity index (χ0n) is 8.60. The summed E-state index contributed by atoms with van der Waals surface area (Å²) in [5, 5.41) is 0. The molecular formula is C11H21O. The lowest BCUT2D eigenvalue weighted by Gasteiger charge is -2.26. The molecule has 0 spiro atoms. The molecule has 1 heteroatoms. The fourth-order valence-corrected chi connectivity index (χ4v) is 1.57. The Kier molecular flexibility index (Phi) is 3.57. The van der Waals surface area contributed by atoms with Crippen LogP contribution in [0.1, 0.15) is 52.9 Å². The van der Waals surface area contributed by atoms with Crippen molar-refractivity contribution < 1.29 is 4.74 Å². The fourth-order valence-electron chi connectivity index (χ4n) is 1.57. The third-order valence-electron chi connectivity index (χ3n) is 2.26. The fraction of sp³-hybridized carbons (Fsp3) is 0.909. The van der Waals surface area contributed by atoms with Gasteiger partial charge in [-0.3, -0.25) is 0 Å². The monoisotopic (exact) mass is 169 g/mol. The van der Waals surface area contributed by atoms with Gasteiger partial charge in [0.2, 0.25) is 0 Å². The van der Waals surface area contributed by atoms with Crippen molar-refractivity contribution in [2.24, 2.45) is 5.92 Å². The average Bonchev–Trinajstić information content (AvgIpc) is 2.02. The Morgan fingerprint density at radius 2 is 1.67 bits per heavy atom. The predicted octanol–water partition coefficient (Wildman–Crippen LogP) is 3.54. The summed E-state index contributed by atoms with van der Waals surface area (Å²) in [6, 6.07) is 0. The highest BCUT2D eigenvalue weighted by atomic mass is 16.5. The molecular weight excluding hydrogens is 148 g/mol. The van der Waals surface area contributed by atoms with Gasteiger partial charge in [-0.2, -0.15) is 0 Å². The standard InChI is InChI=1S/C11H21O/c1-11(2,3)12-9-10-7-5-4-6-8-10/h9-10H,4-8H2,1-3H3. The van der Waals surface area contributed by atoms with Crippen LogP contribution in [-0.4, -0.2) is 5.60 Å². The number of rotatable bonds is 2. The zero-order valence-corrected chi connectivity index (χ0v) is 8.60. The van der Waals surface area contributed by atoms with Crippen LogP contribution in [0.4, 0.5) is 0 Å². The van der Waals surface area contributed by atoms with Crippen molar-refractivity contribution in [3.63, 3.8) is 0 Å². The molecule has 0 bridgehead atoms. The molecule has 1 radical (unpaired) electrons. The van der Waals surface area contributed by atoms with Crippen LogP contribution >= 0.6 is 0 Å². The lowest BCUT2D eigenvalue weighted by molar-refractivity contribution is 0.0197. The van der Waals surface area contributed by atoms with Crippen molar-refractivity contribution in [3.05, 3.63) is 6.61 Å². The maximum Gasteiger partial charge on any atom is 0.0874 e. The molecule has 0 aromatic rings. The zero-order chi connectivity index (χ0) is 9.03. The minimum Gasteiger partial charge on any atom is -0.370 e. The van der Waals surface area contributed by atoms with E-state index in [1.165, 1.54) is 32.1 Å². The summed E-state index contributed by atoms with van der Waals surface area (Å²) in [5.41, 5.74) is -0.00253. The first-order chi connectivity index (χ1) is 5.58. The first-order valence-corrected chi connectivity index (χ1v) is 5.09. The molecule has 1 aliphatic carbocycles. The minimum absolute atomic E-state index is 0.00253. The van der Waals surface area contributed by atoms with Gasteiger partial charge >= 0.3 is 0 Å². The first kappa shape index (κ1) is 10.0. The van der Waals surface area contributed by atoms with Gasteiger partial charge in [0.15, 0.2) is 0 Å². The second-order valence-electron chi connectivity index (χ2n) is 4.76. The van der Waals surface area contributed by atoms with Gasteiger partial charge in [-0.25, -0.2) is 0 Å².